The van der Waals surface area contributed by atoms with Gasteiger partial charge in [-0.1, -0.05) is 20.8 Å². The van der Waals surface area contributed by atoms with Crippen molar-refractivity contribution in [2.75, 3.05) is 11.9 Å². The number of anilines is 1. The van der Waals surface area contributed by atoms with E-state index in [9.17, 15) is 9.90 Å². The summed E-state index contributed by atoms with van der Waals surface area (Å²) in [4.78, 5) is 11.9. The number of carbonyl (C=O) groups excluding carboxylic acids is 1. The number of aromatic nitrogens is 2. The lowest BCUT2D eigenvalue weighted by Gasteiger charge is -2.41. The van der Waals surface area contributed by atoms with Crippen molar-refractivity contribution in [2.24, 2.45) is 18.4 Å². The maximum Gasteiger partial charge on any atom is 0.319 e. The van der Waals surface area contributed by atoms with Gasteiger partial charge in [0.15, 0.2) is 0 Å². The molecule has 0 unspecified atom stereocenters. The van der Waals surface area contributed by atoms with Crippen LogP contribution in [0.5, 0.6) is 0 Å². The summed E-state index contributed by atoms with van der Waals surface area (Å²) in [7, 11) is 1.79. The number of nitrogens with one attached hydrogen (secondary N) is 2. The summed E-state index contributed by atoms with van der Waals surface area (Å²) in [6.45, 7) is 7.04. The monoisotopic (exact) mass is 308 g/mol. The summed E-state index contributed by atoms with van der Waals surface area (Å²) < 4.78 is 1.62. The molecule has 0 saturated heterocycles. The van der Waals surface area contributed by atoms with Gasteiger partial charge in [0, 0.05) is 19.8 Å². The zero-order chi connectivity index (χ0) is 16.4. The summed E-state index contributed by atoms with van der Waals surface area (Å²) in [6, 6.07) is -0.306. The van der Waals surface area contributed by atoms with Crippen LogP contribution >= 0.6 is 0 Å². The lowest BCUT2D eigenvalue weighted by atomic mass is 9.68. The Morgan fingerprint density at radius 3 is 2.59 bits per heavy atom. The minimum atomic E-state index is -0.784. The van der Waals surface area contributed by atoms with Gasteiger partial charge in [-0.05, 0) is 37.0 Å². The molecule has 0 aromatic carbocycles. The van der Waals surface area contributed by atoms with E-state index < -0.39 is 5.60 Å². The van der Waals surface area contributed by atoms with Crippen LogP contribution in [-0.4, -0.2) is 33.1 Å². The maximum atomic E-state index is 11.9. The van der Waals surface area contributed by atoms with Crippen LogP contribution in [0.3, 0.4) is 0 Å². The highest BCUT2D eigenvalue weighted by Crippen LogP contribution is 2.41. The SMILES string of the molecule is Cn1cc(NC(=O)NCC2(O)CCC(C(C)(C)C)CC2)cn1. The molecular formula is C16H28N4O2. The van der Waals surface area contributed by atoms with Crippen molar-refractivity contribution in [1.29, 1.82) is 0 Å². The van der Waals surface area contributed by atoms with Crippen molar-refractivity contribution < 1.29 is 9.90 Å². The predicted molar refractivity (Wildman–Crippen MR) is 86.6 cm³/mol. The van der Waals surface area contributed by atoms with E-state index in [0.717, 1.165) is 25.7 Å². The summed E-state index contributed by atoms with van der Waals surface area (Å²) in [6.07, 6.45) is 6.80. The third-order valence-electron chi connectivity index (χ3n) is 4.68. The van der Waals surface area contributed by atoms with Gasteiger partial charge in [-0.25, -0.2) is 4.79 Å². The highest BCUT2D eigenvalue weighted by atomic mass is 16.3. The number of hydrogen-bond donors (Lipinski definition) is 3. The smallest absolute Gasteiger partial charge is 0.319 e. The van der Waals surface area contributed by atoms with Crippen LogP contribution in [0, 0.1) is 11.3 Å². The van der Waals surface area contributed by atoms with Crippen molar-refractivity contribution in [3.63, 3.8) is 0 Å². The quantitative estimate of drug-likeness (QED) is 0.802. The minimum Gasteiger partial charge on any atom is -0.388 e. The Labute approximate surface area is 132 Å². The normalized spacial score (nSPS) is 25.8. The second-order valence-corrected chi connectivity index (χ2v) is 7.57. The molecule has 0 spiro atoms. The van der Waals surface area contributed by atoms with Gasteiger partial charge in [-0.15, -0.1) is 0 Å². The summed E-state index contributed by atoms with van der Waals surface area (Å²) >= 11 is 0. The van der Waals surface area contributed by atoms with Gasteiger partial charge in [-0.3, -0.25) is 4.68 Å². The molecule has 2 amide bonds. The molecule has 1 fully saturated rings. The highest BCUT2D eigenvalue weighted by Gasteiger charge is 2.37. The third-order valence-corrected chi connectivity index (χ3v) is 4.68. The number of aliphatic hydroxyl groups is 1. The Hall–Kier alpha value is -1.56. The first-order valence-corrected chi connectivity index (χ1v) is 7.94. The van der Waals surface area contributed by atoms with Crippen LogP contribution in [-0.2, 0) is 7.05 Å². The van der Waals surface area contributed by atoms with E-state index >= 15 is 0 Å². The Morgan fingerprint density at radius 2 is 2.09 bits per heavy atom. The van der Waals surface area contributed by atoms with Crippen molar-refractivity contribution in [1.82, 2.24) is 15.1 Å². The fourth-order valence-electron chi connectivity index (χ4n) is 3.10. The number of hydrogen-bond acceptors (Lipinski definition) is 3. The van der Waals surface area contributed by atoms with Gasteiger partial charge in [0.25, 0.3) is 0 Å². The number of urea groups is 1. The second kappa shape index (κ2) is 6.28. The van der Waals surface area contributed by atoms with Crippen LogP contribution in [0.1, 0.15) is 46.5 Å². The Bertz CT molecular complexity index is 510. The molecule has 22 heavy (non-hydrogen) atoms. The minimum absolute atomic E-state index is 0.284. The van der Waals surface area contributed by atoms with Crippen LogP contribution in [0.2, 0.25) is 0 Å². The lowest BCUT2D eigenvalue weighted by molar-refractivity contribution is -0.0216. The average Bonchev–Trinajstić information content (AvgIpc) is 2.81. The third kappa shape index (κ3) is 4.47. The molecule has 2 rings (SSSR count). The number of amides is 2. The van der Waals surface area contributed by atoms with E-state index in [-0.39, 0.29) is 18.0 Å². The molecular weight excluding hydrogens is 280 g/mol. The van der Waals surface area contributed by atoms with Crippen molar-refractivity contribution >= 4 is 11.7 Å². The molecule has 6 heteroatoms. The molecule has 1 saturated carbocycles. The Morgan fingerprint density at radius 1 is 1.45 bits per heavy atom. The standard InChI is InChI=1S/C16H28N4O2/c1-15(2,3)12-5-7-16(22,8-6-12)11-17-14(21)19-13-9-18-20(4)10-13/h9-10,12,22H,5-8,11H2,1-4H3,(H2,17,19,21). The van der Waals surface area contributed by atoms with E-state index in [1.807, 2.05) is 0 Å². The van der Waals surface area contributed by atoms with Gasteiger partial charge in [0.05, 0.1) is 17.5 Å². The molecule has 0 atom stereocenters. The number of aryl methyl sites for hydroxylation is 1. The molecule has 0 aliphatic heterocycles. The van der Waals surface area contributed by atoms with Crippen molar-refractivity contribution in [3.05, 3.63) is 12.4 Å². The molecule has 1 heterocycles. The predicted octanol–water partition coefficient (Wildman–Crippen LogP) is 2.51. The van der Waals surface area contributed by atoms with E-state index in [2.05, 4.69) is 36.5 Å². The largest absolute Gasteiger partial charge is 0.388 e. The molecule has 1 aromatic rings. The molecule has 1 aliphatic rings. The highest BCUT2D eigenvalue weighted by molar-refractivity contribution is 5.88. The number of rotatable bonds is 3. The topological polar surface area (TPSA) is 79.2 Å². The van der Waals surface area contributed by atoms with Gasteiger partial charge >= 0.3 is 6.03 Å². The fourth-order valence-corrected chi connectivity index (χ4v) is 3.10. The van der Waals surface area contributed by atoms with Crippen LogP contribution in [0.15, 0.2) is 12.4 Å². The van der Waals surface area contributed by atoms with Gasteiger partial charge in [0.1, 0.15) is 0 Å². The maximum absolute atomic E-state index is 11.9. The summed E-state index contributed by atoms with van der Waals surface area (Å²) in [5.41, 5.74) is 0.143. The molecule has 1 aromatic heterocycles. The fraction of sp³-hybridized carbons (Fsp3) is 0.750. The van der Waals surface area contributed by atoms with Crippen LogP contribution in [0.25, 0.3) is 0 Å². The molecule has 124 valence electrons. The molecule has 0 bridgehead atoms. The first kappa shape index (κ1) is 16.8. The van der Waals surface area contributed by atoms with Gasteiger partial charge in [0.2, 0.25) is 0 Å². The van der Waals surface area contributed by atoms with E-state index in [4.69, 9.17) is 0 Å². The van der Waals surface area contributed by atoms with Gasteiger partial charge < -0.3 is 15.7 Å². The molecule has 1 aliphatic carbocycles. The van der Waals surface area contributed by atoms with E-state index in [1.165, 1.54) is 0 Å². The zero-order valence-electron chi connectivity index (χ0n) is 14.0. The number of nitrogens with zero attached hydrogens (tertiary/aromatic N) is 2. The Kier molecular flexibility index (Phi) is 4.80. The molecule has 3 N–H and O–H groups in total. The first-order valence-electron chi connectivity index (χ1n) is 7.94. The zero-order valence-corrected chi connectivity index (χ0v) is 14.0. The second-order valence-electron chi connectivity index (χ2n) is 7.57. The van der Waals surface area contributed by atoms with Gasteiger partial charge in [-0.2, -0.15) is 5.10 Å². The molecule has 6 nitrogen and oxygen atoms in total. The van der Waals surface area contributed by atoms with Crippen LogP contribution < -0.4 is 10.6 Å². The molecule has 0 radical (unpaired) electrons. The van der Waals surface area contributed by atoms with E-state index in [1.54, 1.807) is 24.1 Å². The first-order chi connectivity index (χ1) is 10.2. The van der Waals surface area contributed by atoms with Crippen molar-refractivity contribution in [3.8, 4) is 0 Å². The summed E-state index contributed by atoms with van der Waals surface area (Å²) in [5, 5.41) is 20.1. The lowest BCUT2D eigenvalue weighted by Crippen LogP contribution is -2.47. The summed E-state index contributed by atoms with van der Waals surface area (Å²) in [5.74, 6) is 0.636. The van der Waals surface area contributed by atoms with Crippen molar-refractivity contribution in [2.45, 2.75) is 52.1 Å². The van der Waals surface area contributed by atoms with Crippen LogP contribution in [0.4, 0.5) is 10.5 Å². The average molecular weight is 308 g/mol. The van der Waals surface area contributed by atoms with E-state index in [0.29, 0.717) is 11.6 Å². The Balaban J connectivity index is 1.78. The number of carbonyl (C=O) groups is 1.